The molecule has 0 N–H and O–H groups in total. The normalized spacial score (nSPS) is 10.4. The molecule has 0 unspecified atom stereocenters. The van der Waals surface area contributed by atoms with Crippen LogP contribution in [0.3, 0.4) is 0 Å². The van der Waals surface area contributed by atoms with Crippen LogP contribution < -0.4 is 5.43 Å². The van der Waals surface area contributed by atoms with E-state index in [2.05, 4.69) is 0 Å². The van der Waals surface area contributed by atoms with Crippen LogP contribution in [-0.4, -0.2) is 9.49 Å². The van der Waals surface area contributed by atoms with Gasteiger partial charge < -0.3 is 4.57 Å². The van der Waals surface area contributed by atoms with Gasteiger partial charge in [-0.2, -0.15) is 0 Å². The van der Waals surface area contributed by atoms with Crippen molar-refractivity contribution in [1.82, 2.24) is 4.57 Å². The van der Waals surface area contributed by atoms with Crippen LogP contribution in [0.5, 0.6) is 0 Å². The summed E-state index contributed by atoms with van der Waals surface area (Å²) in [5, 5.41) is 11.7. The third kappa shape index (κ3) is 3.13. The SMILES string of the molecule is O=c1ccn(Cc2cc(Cl)ccc2Cl)cc1[N+](=O)[O-]. The Balaban J connectivity index is 2.39. The van der Waals surface area contributed by atoms with Gasteiger partial charge in [0.15, 0.2) is 0 Å². The molecule has 5 nitrogen and oxygen atoms in total. The molecule has 1 aromatic heterocycles. The molecule has 0 fully saturated rings. The standard InChI is InChI=1S/C12H8Cl2N2O3/c13-9-1-2-10(14)8(5-9)6-15-4-3-12(17)11(7-15)16(18)19/h1-5,7H,6H2. The molecule has 0 amide bonds. The second-order valence-corrected chi connectivity index (χ2v) is 4.70. The number of hydrogen-bond acceptors (Lipinski definition) is 3. The third-order valence-electron chi connectivity index (χ3n) is 2.52. The minimum Gasteiger partial charge on any atom is -0.344 e. The highest BCUT2D eigenvalue weighted by Crippen LogP contribution is 2.21. The Morgan fingerprint density at radius 2 is 2.00 bits per heavy atom. The number of benzene rings is 1. The zero-order chi connectivity index (χ0) is 14.0. The summed E-state index contributed by atoms with van der Waals surface area (Å²) < 4.78 is 1.51. The molecule has 0 bridgehead atoms. The van der Waals surface area contributed by atoms with Crippen molar-refractivity contribution in [3.63, 3.8) is 0 Å². The summed E-state index contributed by atoms with van der Waals surface area (Å²) in [5.74, 6) is 0. The van der Waals surface area contributed by atoms with E-state index in [-0.39, 0.29) is 0 Å². The first-order chi connectivity index (χ1) is 8.97. The molecule has 98 valence electrons. The lowest BCUT2D eigenvalue weighted by Gasteiger charge is -2.08. The lowest BCUT2D eigenvalue weighted by molar-refractivity contribution is -0.386. The molecule has 0 saturated carbocycles. The minimum atomic E-state index is -0.710. The number of hydrogen-bond donors (Lipinski definition) is 0. The number of nitrogens with zero attached hydrogens (tertiary/aromatic N) is 2. The Kier molecular flexibility index (Phi) is 3.87. The predicted molar refractivity (Wildman–Crippen MR) is 72.9 cm³/mol. The van der Waals surface area contributed by atoms with Gasteiger partial charge in [0.05, 0.1) is 11.1 Å². The van der Waals surface area contributed by atoms with E-state index in [0.717, 1.165) is 6.07 Å². The van der Waals surface area contributed by atoms with Crippen molar-refractivity contribution in [2.45, 2.75) is 6.54 Å². The van der Waals surface area contributed by atoms with Crippen LogP contribution >= 0.6 is 23.2 Å². The lowest BCUT2D eigenvalue weighted by Crippen LogP contribution is -2.11. The number of nitro groups is 1. The van der Waals surface area contributed by atoms with Gasteiger partial charge in [0, 0.05) is 28.9 Å². The fourth-order valence-electron chi connectivity index (χ4n) is 1.61. The summed E-state index contributed by atoms with van der Waals surface area (Å²) in [6.07, 6.45) is 2.64. The zero-order valence-corrected chi connectivity index (χ0v) is 11.1. The van der Waals surface area contributed by atoms with Crippen LogP contribution in [0, 0.1) is 10.1 Å². The van der Waals surface area contributed by atoms with Crippen molar-refractivity contribution in [3.8, 4) is 0 Å². The fraction of sp³-hybridized carbons (Fsp3) is 0.0833. The number of halogens is 2. The lowest BCUT2D eigenvalue weighted by atomic mass is 10.2. The number of aromatic nitrogens is 1. The van der Waals surface area contributed by atoms with E-state index in [9.17, 15) is 14.9 Å². The first-order valence-corrected chi connectivity index (χ1v) is 6.01. The Morgan fingerprint density at radius 3 is 2.68 bits per heavy atom. The maximum absolute atomic E-state index is 11.3. The monoisotopic (exact) mass is 298 g/mol. The maximum atomic E-state index is 11.3. The molecule has 0 saturated heterocycles. The molecule has 0 aliphatic carbocycles. The zero-order valence-electron chi connectivity index (χ0n) is 9.55. The van der Waals surface area contributed by atoms with Crippen molar-refractivity contribution in [3.05, 3.63) is 72.6 Å². The molecule has 2 rings (SSSR count). The van der Waals surface area contributed by atoms with E-state index < -0.39 is 16.0 Å². The van der Waals surface area contributed by atoms with E-state index in [0.29, 0.717) is 22.2 Å². The topological polar surface area (TPSA) is 65.1 Å². The second kappa shape index (κ2) is 5.42. The summed E-state index contributed by atoms with van der Waals surface area (Å²) in [6.45, 7) is 0.292. The largest absolute Gasteiger partial charge is 0.344 e. The highest BCUT2D eigenvalue weighted by molar-refractivity contribution is 6.33. The Bertz CT molecular complexity index is 698. The summed E-state index contributed by atoms with van der Waals surface area (Å²) in [5.41, 5.74) is -0.383. The van der Waals surface area contributed by atoms with Gasteiger partial charge in [0.2, 0.25) is 0 Å². The van der Waals surface area contributed by atoms with Gasteiger partial charge in [-0.3, -0.25) is 14.9 Å². The molecular weight excluding hydrogens is 291 g/mol. The maximum Gasteiger partial charge on any atom is 0.332 e. The molecule has 0 spiro atoms. The molecule has 7 heteroatoms. The molecule has 2 aromatic rings. The average molecular weight is 299 g/mol. The summed E-state index contributed by atoms with van der Waals surface area (Å²) in [6, 6.07) is 6.13. The Morgan fingerprint density at radius 1 is 1.26 bits per heavy atom. The summed E-state index contributed by atoms with van der Waals surface area (Å²) in [7, 11) is 0. The summed E-state index contributed by atoms with van der Waals surface area (Å²) in [4.78, 5) is 21.3. The van der Waals surface area contributed by atoms with Gasteiger partial charge in [-0.05, 0) is 23.8 Å². The van der Waals surface area contributed by atoms with E-state index >= 15 is 0 Å². The van der Waals surface area contributed by atoms with Crippen LogP contribution in [0.1, 0.15) is 5.56 Å². The Hall–Kier alpha value is -1.85. The van der Waals surface area contributed by atoms with Crippen LogP contribution in [0.25, 0.3) is 0 Å². The fourth-order valence-corrected chi connectivity index (χ4v) is 1.98. The number of rotatable bonds is 3. The van der Waals surface area contributed by atoms with Gasteiger partial charge in [0.25, 0.3) is 5.43 Å². The van der Waals surface area contributed by atoms with E-state index in [1.165, 1.54) is 17.0 Å². The van der Waals surface area contributed by atoms with Crippen molar-refractivity contribution >= 4 is 28.9 Å². The molecule has 0 atom stereocenters. The molecular formula is C12H8Cl2N2O3. The van der Waals surface area contributed by atoms with Crippen molar-refractivity contribution in [2.75, 3.05) is 0 Å². The molecule has 0 aliphatic heterocycles. The van der Waals surface area contributed by atoms with Crippen LogP contribution in [-0.2, 0) is 6.54 Å². The summed E-state index contributed by atoms with van der Waals surface area (Å²) >= 11 is 11.9. The van der Waals surface area contributed by atoms with Gasteiger partial charge in [-0.15, -0.1) is 0 Å². The highest BCUT2D eigenvalue weighted by Gasteiger charge is 2.12. The second-order valence-electron chi connectivity index (χ2n) is 3.86. The smallest absolute Gasteiger partial charge is 0.332 e. The first kappa shape index (κ1) is 13.6. The van der Waals surface area contributed by atoms with Crippen LogP contribution in [0.2, 0.25) is 10.0 Å². The minimum absolute atomic E-state index is 0.292. The number of pyridine rings is 1. The third-order valence-corrected chi connectivity index (χ3v) is 3.12. The molecule has 0 aliphatic rings. The van der Waals surface area contributed by atoms with E-state index in [1.54, 1.807) is 18.2 Å². The molecule has 19 heavy (non-hydrogen) atoms. The van der Waals surface area contributed by atoms with Gasteiger partial charge in [0.1, 0.15) is 0 Å². The van der Waals surface area contributed by atoms with Gasteiger partial charge in [-0.1, -0.05) is 23.2 Å². The molecule has 1 heterocycles. The van der Waals surface area contributed by atoms with Crippen LogP contribution in [0.15, 0.2) is 41.5 Å². The van der Waals surface area contributed by atoms with E-state index in [1.807, 2.05) is 0 Å². The first-order valence-electron chi connectivity index (χ1n) is 5.26. The van der Waals surface area contributed by atoms with Crippen molar-refractivity contribution in [1.29, 1.82) is 0 Å². The average Bonchev–Trinajstić information content (AvgIpc) is 2.36. The van der Waals surface area contributed by atoms with Crippen molar-refractivity contribution in [2.24, 2.45) is 0 Å². The Labute approximate surface area is 118 Å². The predicted octanol–water partition coefficient (Wildman–Crippen LogP) is 3.11. The molecule has 0 radical (unpaired) electrons. The van der Waals surface area contributed by atoms with Crippen molar-refractivity contribution < 1.29 is 4.92 Å². The van der Waals surface area contributed by atoms with Gasteiger partial charge >= 0.3 is 5.69 Å². The quantitative estimate of drug-likeness (QED) is 0.646. The van der Waals surface area contributed by atoms with Crippen LogP contribution in [0.4, 0.5) is 5.69 Å². The van der Waals surface area contributed by atoms with E-state index in [4.69, 9.17) is 23.2 Å². The molecule has 1 aromatic carbocycles. The highest BCUT2D eigenvalue weighted by atomic mass is 35.5. The van der Waals surface area contributed by atoms with Gasteiger partial charge in [-0.25, -0.2) is 0 Å².